The molecule has 1 aromatic rings. The number of amides is 1. The number of nitro groups is 1. The van der Waals surface area contributed by atoms with Crippen molar-refractivity contribution in [3.8, 4) is 0 Å². The third kappa shape index (κ3) is 4.11. The molecule has 0 aliphatic rings. The Labute approximate surface area is 127 Å². The molecule has 0 aliphatic carbocycles. The first-order valence-corrected chi connectivity index (χ1v) is 7.85. The van der Waals surface area contributed by atoms with Crippen molar-refractivity contribution in [2.75, 3.05) is 19.1 Å². The number of hydrogen-bond acceptors (Lipinski definition) is 4. The van der Waals surface area contributed by atoms with E-state index in [2.05, 4.69) is 0 Å². The number of nitrogens with zero attached hydrogens (tertiary/aromatic N) is 2. The molecule has 1 unspecified atom stereocenters. The molecule has 0 N–H and O–H groups in total. The summed E-state index contributed by atoms with van der Waals surface area (Å²) in [4.78, 5) is 24.3. The van der Waals surface area contributed by atoms with E-state index < -0.39 is 4.92 Å². The van der Waals surface area contributed by atoms with Gasteiger partial charge in [-0.05, 0) is 37.5 Å². The summed E-state index contributed by atoms with van der Waals surface area (Å²) in [6.45, 7) is 1.92. The van der Waals surface area contributed by atoms with E-state index in [1.807, 2.05) is 13.2 Å². The van der Waals surface area contributed by atoms with Crippen molar-refractivity contribution >= 4 is 35.0 Å². The third-order valence-corrected chi connectivity index (χ3v) is 3.99. The monoisotopic (exact) mass is 316 g/mol. The standard InChI is InChI=1S/C13H17ClN2O3S/c1-9(6-7-20-3)15(2)13(17)11-8-10(14)4-5-12(11)16(18)19/h4-5,8-9H,6-7H2,1-3H3. The van der Waals surface area contributed by atoms with Crippen LogP contribution in [0.1, 0.15) is 23.7 Å². The van der Waals surface area contributed by atoms with Gasteiger partial charge in [0.05, 0.1) is 4.92 Å². The Morgan fingerprint density at radius 2 is 2.20 bits per heavy atom. The summed E-state index contributed by atoms with van der Waals surface area (Å²) in [5.74, 6) is 0.545. The Kier molecular flexibility index (Phi) is 6.29. The van der Waals surface area contributed by atoms with Crippen molar-refractivity contribution in [1.29, 1.82) is 0 Å². The van der Waals surface area contributed by atoms with Crippen molar-refractivity contribution in [2.45, 2.75) is 19.4 Å². The Bertz CT molecular complexity index is 510. The van der Waals surface area contributed by atoms with Gasteiger partial charge >= 0.3 is 0 Å². The molecule has 0 saturated heterocycles. The minimum Gasteiger partial charge on any atom is -0.339 e. The molecule has 0 radical (unpaired) electrons. The first-order chi connectivity index (χ1) is 9.38. The molecule has 0 saturated carbocycles. The molecular formula is C13H17ClN2O3S. The molecular weight excluding hydrogens is 300 g/mol. The molecule has 0 bridgehead atoms. The lowest BCUT2D eigenvalue weighted by Crippen LogP contribution is -2.35. The topological polar surface area (TPSA) is 63.5 Å². The second kappa shape index (κ2) is 7.50. The van der Waals surface area contributed by atoms with Crippen molar-refractivity contribution in [1.82, 2.24) is 4.90 Å². The zero-order valence-electron chi connectivity index (χ0n) is 11.6. The zero-order chi connectivity index (χ0) is 15.3. The number of thioether (sulfide) groups is 1. The van der Waals surface area contributed by atoms with E-state index >= 15 is 0 Å². The molecule has 20 heavy (non-hydrogen) atoms. The van der Waals surface area contributed by atoms with Gasteiger partial charge in [0.25, 0.3) is 11.6 Å². The van der Waals surface area contributed by atoms with Gasteiger partial charge in [0.1, 0.15) is 5.56 Å². The Morgan fingerprint density at radius 1 is 1.55 bits per heavy atom. The summed E-state index contributed by atoms with van der Waals surface area (Å²) in [6.07, 6.45) is 2.83. The first-order valence-electron chi connectivity index (χ1n) is 6.08. The summed E-state index contributed by atoms with van der Waals surface area (Å²) in [6, 6.07) is 4.03. The molecule has 0 fully saturated rings. The van der Waals surface area contributed by atoms with Crippen molar-refractivity contribution in [3.05, 3.63) is 38.9 Å². The number of benzene rings is 1. The SMILES string of the molecule is CSCCC(C)N(C)C(=O)c1cc(Cl)ccc1[N+](=O)[O-]. The van der Waals surface area contributed by atoms with Gasteiger partial charge in [-0.1, -0.05) is 11.6 Å². The molecule has 7 heteroatoms. The Hall–Kier alpha value is -1.27. The molecule has 1 atom stereocenters. The van der Waals surface area contributed by atoms with Crippen LogP contribution in [0.4, 0.5) is 5.69 Å². The van der Waals surface area contributed by atoms with Crippen LogP contribution in [0.15, 0.2) is 18.2 Å². The van der Waals surface area contributed by atoms with E-state index in [1.165, 1.54) is 23.1 Å². The largest absolute Gasteiger partial charge is 0.339 e. The highest BCUT2D eigenvalue weighted by Gasteiger charge is 2.25. The van der Waals surface area contributed by atoms with Crippen LogP contribution < -0.4 is 0 Å². The fourth-order valence-corrected chi connectivity index (χ4v) is 2.46. The molecule has 1 aromatic carbocycles. The maximum atomic E-state index is 12.4. The number of halogens is 1. The average molecular weight is 317 g/mol. The number of carbonyl (C=O) groups is 1. The fraction of sp³-hybridized carbons (Fsp3) is 0.462. The van der Waals surface area contributed by atoms with Crippen LogP contribution in [0, 0.1) is 10.1 Å². The van der Waals surface area contributed by atoms with Crippen molar-refractivity contribution < 1.29 is 9.72 Å². The highest BCUT2D eigenvalue weighted by atomic mass is 35.5. The second-order valence-corrected chi connectivity index (χ2v) is 5.89. The van der Waals surface area contributed by atoms with Crippen LogP contribution in [0.3, 0.4) is 0 Å². The van der Waals surface area contributed by atoms with E-state index in [1.54, 1.807) is 18.8 Å². The smallest absolute Gasteiger partial charge is 0.282 e. The minimum absolute atomic E-state index is 0.00790. The van der Waals surface area contributed by atoms with Gasteiger partial charge in [0.15, 0.2) is 0 Å². The predicted molar refractivity (Wildman–Crippen MR) is 82.7 cm³/mol. The predicted octanol–water partition coefficient (Wildman–Crippen LogP) is 3.46. The highest BCUT2D eigenvalue weighted by Crippen LogP contribution is 2.24. The van der Waals surface area contributed by atoms with E-state index in [0.29, 0.717) is 5.02 Å². The van der Waals surface area contributed by atoms with Gasteiger partial charge < -0.3 is 4.90 Å². The lowest BCUT2D eigenvalue weighted by Gasteiger charge is -2.24. The van der Waals surface area contributed by atoms with Gasteiger partial charge in [0.2, 0.25) is 0 Å². The summed E-state index contributed by atoms with van der Waals surface area (Å²) >= 11 is 7.53. The number of nitro benzene ring substituents is 1. The van der Waals surface area contributed by atoms with Gasteiger partial charge in [0, 0.05) is 24.2 Å². The average Bonchev–Trinajstić information content (AvgIpc) is 2.42. The van der Waals surface area contributed by atoms with Gasteiger partial charge in [-0.2, -0.15) is 11.8 Å². The number of rotatable bonds is 6. The van der Waals surface area contributed by atoms with Crippen LogP contribution in [-0.4, -0.2) is 40.8 Å². The minimum atomic E-state index is -0.566. The zero-order valence-corrected chi connectivity index (χ0v) is 13.2. The van der Waals surface area contributed by atoms with Crippen LogP contribution in [0.25, 0.3) is 0 Å². The second-order valence-electron chi connectivity index (χ2n) is 4.47. The Morgan fingerprint density at radius 3 is 2.75 bits per heavy atom. The molecule has 110 valence electrons. The summed E-state index contributed by atoms with van der Waals surface area (Å²) in [5.41, 5.74) is -0.190. The van der Waals surface area contributed by atoms with Crippen LogP contribution >= 0.6 is 23.4 Å². The van der Waals surface area contributed by atoms with Crippen LogP contribution in [-0.2, 0) is 0 Å². The lowest BCUT2D eigenvalue weighted by atomic mass is 10.1. The van der Waals surface area contributed by atoms with E-state index in [4.69, 9.17) is 11.6 Å². The van der Waals surface area contributed by atoms with Crippen LogP contribution in [0.5, 0.6) is 0 Å². The molecule has 5 nitrogen and oxygen atoms in total. The third-order valence-electron chi connectivity index (χ3n) is 3.11. The van der Waals surface area contributed by atoms with E-state index in [0.717, 1.165) is 12.2 Å². The maximum Gasteiger partial charge on any atom is 0.282 e. The highest BCUT2D eigenvalue weighted by molar-refractivity contribution is 7.98. The summed E-state index contributed by atoms with van der Waals surface area (Å²) in [7, 11) is 1.65. The molecule has 1 amide bonds. The molecule has 0 heterocycles. The van der Waals surface area contributed by atoms with Gasteiger partial charge in [-0.3, -0.25) is 14.9 Å². The lowest BCUT2D eigenvalue weighted by molar-refractivity contribution is -0.385. The number of hydrogen-bond donors (Lipinski definition) is 0. The van der Waals surface area contributed by atoms with Crippen molar-refractivity contribution in [3.63, 3.8) is 0 Å². The fourth-order valence-electron chi connectivity index (χ4n) is 1.71. The molecule has 0 spiro atoms. The molecule has 0 aliphatic heterocycles. The normalized spacial score (nSPS) is 12.0. The molecule has 1 rings (SSSR count). The van der Waals surface area contributed by atoms with Crippen LogP contribution in [0.2, 0.25) is 5.02 Å². The summed E-state index contributed by atoms with van der Waals surface area (Å²) in [5, 5.41) is 11.3. The Balaban J connectivity index is 3.01. The number of carbonyl (C=O) groups excluding carboxylic acids is 1. The van der Waals surface area contributed by atoms with Gasteiger partial charge in [-0.15, -0.1) is 0 Å². The van der Waals surface area contributed by atoms with Crippen molar-refractivity contribution in [2.24, 2.45) is 0 Å². The first kappa shape index (κ1) is 16.8. The quantitative estimate of drug-likeness (QED) is 0.595. The molecule has 0 aromatic heterocycles. The van der Waals surface area contributed by atoms with E-state index in [9.17, 15) is 14.9 Å². The maximum absolute atomic E-state index is 12.4. The van der Waals surface area contributed by atoms with E-state index in [-0.39, 0.29) is 23.2 Å². The van der Waals surface area contributed by atoms with Gasteiger partial charge in [-0.25, -0.2) is 0 Å². The summed E-state index contributed by atoms with van der Waals surface area (Å²) < 4.78 is 0.